The van der Waals surface area contributed by atoms with Crippen LogP contribution in [0.3, 0.4) is 0 Å². The Hall–Kier alpha value is -3.52. The van der Waals surface area contributed by atoms with Gasteiger partial charge in [0.15, 0.2) is 0 Å². The third-order valence-corrected chi connectivity index (χ3v) is 10.6. The molecule has 0 aliphatic heterocycles. The first kappa shape index (κ1) is 39.3. The first-order chi connectivity index (χ1) is 24.5. The summed E-state index contributed by atoms with van der Waals surface area (Å²) in [6.07, 6.45) is 27.9. The van der Waals surface area contributed by atoms with Crippen molar-refractivity contribution < 1.29 is 0 Å². The van der Waals surface area contributed by atoms with Crippen molar-refractivity contribution in [3.05, 3.63) is 129 Å². The maximum Gasteiger partial charge on any atom is 0.0316 e. The Morgan fingerprint density at radius 3 is 1.00 bits per heavy atom. The molecule has 0 bridgehead atoms. The van der Waals surface area contributed by atoms with E-state index in [1.807, 2.05) is 0 Å². The van der Waals surface area contributed by atoms with Crippen molar-refractivity contribution in [3.8, 4) is 0 Å². The van der Waals surface area contributed by atoms with Gasteiger partial charge in [-0.3, -0.25) is 0 Å². The number of hydrogen-bond donors (Lipinski definition) is 2. The zero-order valence-electron chi connectivity index (χ0n) is 31.8. The second kappa shape index (κ2) is 23.0. The van der Waals surface area contributed by atoms with E-state index in [4.69, 9.17) is 11.5 Å². The van der Waals surface area contributed by atoms with Gasteiger partial charge in [-0.1, -0.05) is 152 Å². The molecular formula is C48H68N2. The Labute approximate surface area is 306 Å². The molecule has 4 rings (SSSR count). The van der Waals surface area contributed by atoms with Crippen LogP contribution in [-0.2, 0) is 38.5 Å². The van der Waals surface area contributed by atoms with Crippen LogP contribution in [0.4, 0.5) is 11.4 Å². The van der Waals surface area contributed by atoms with Crippen LogP contribution in [0.25, 0.3) is 0 Å². The summed E-state index contributed by atoms with van der Waals surface area (Å²) in [5.74, 6) is 0. The summed E-state index contributed by atoms with van der Waals surface area (Å²) in [6, 6.07) is 31.7. The van der Waals surface area contributed by atoms with E-state index < -0.39 is 0 Å². The molecule has 0 atom stereocenters. The summed E-state index contributed by atoms with van der Waals surface area (Å²) in [4.78, 5) is 0. The third kappa shape index (κ3) is 14.8. The van der Waals surface area contributed by atoms with Gasteiger partial charge in [-0.25, -0.2) is 0 Å². The molecule has 2 nitrogen and oxygen atoms in total. The number of unbranched alkanes of at least 4 members (excludes halogenated alkanes) is 13. The van der Waals surface area contributed by atoms with Gasteiger partial charge in [0.05, 0.1) is 0 Å². The van der Waals surface area contributed by atoms with Crippen molar-refractivity contribution in [2.45, 2.75) is 155 Å². The van der Waals surface area contributed by atoms with Crippen LogP contribution in [0.2, 0.25) is 0 Å². The number of aryl methyl sites for hydroxylation is 4. The molecule has 0 fully saturated rings. The zero-order valence-corrected chi connectivity index (χ0v) is 31.8. The van der Waals surface area contributed by atoms with Gasteiger partial charge >= 0.3 is 0 Å². The van der Waals surface area contributed by atoms with Crippen LogP contribution in [-0.4, -0.2) is 0 Å². The minimum absolute atomic E-state index is 0.887. The summed E-state index contributed by atoms with van der Waals surface area (Å²) in [7, 11) is 0. The maximum absolute atomic E-state index is 6.11. The Morgan fingerprint density at radius 1 is 0.320 bits per heavy atom. The van der Waals surface area contributed by atoms with Crippen molar-refractivity contribution in [2.24, 2.45) is 0 Å². The minimum Gasteiger partial charge on any atom is -0.399 e. The normalized spacial score (nSPS) is 11.3. The van der Waals surface area contributed by atoms with E-state index in [1.54, 1.807) is 0 Å². The number of nitrogens with two attached hydrogens (primary N) is 2. The lowest BCUT2D eigenvalue weighted by Gasteiger charge is -2.11. The van der Waals surface area contributed by atoms with Crippen molar-refractivity contribution in [2.75, 3.05) is 11.5 Å². The molecule has 0 spiro atoms. The summed E-state index contributed by atoms with van der Waals surface area (Å²) in [5, 5.41) is 0. The highest BCUT2D eigenvalue weighted by Crippen LogP contribution is 2.23. The molecule has 4 N–H and O–H groups in total. The van der Waals surface area contributed by atoms with Crippen LogP contribution in [0.1, 0.15) is 161 Å². The zero-order chi connectivity index (χ0) is 35.2. The largest absolute Gasteiger partial charge is 0.399 e. The smallest absolute Gasteiger partial charge is 0.0316 e. The van der Waals surface area contributed by atoms with E-state index in [-0.39, 0.29) is 0 Å². The second-order valence-electron chi connectivity index (χ2n) is 15.0. The molecule has 4 aromatic rings. The monoisotopic (exact) mass is 673 g/mol. The molecule has 2 heteroatoms. The number of benzene rings is 4. The second-order valence-corrected chi connectivity index (χ2v) is 15.0. The quantitative estimate of drug-likeness (QED) is 0.0544. The van der Waals surface area contributed by atoms with Crippen LogP contribution >= 0.6 is 0 Å². The topological polar surface area (TPSA) is 52.0 Å². The number of nitrogen functional groups attached to an aromatic ring is 2. The van der Waals surface area contributed by atoms with Gasteiger partial charge in [0.2, 0.25) is 0 Å². The van der Waals surface area contributed by atoms with Crippen molar-refractivity contribution in [3.63, 3.8) is 0 Å². The number of hydrogen-bond acceptors (Lipinski definition) is 2. The molecule has 270 valence electrons. The lowest BCUT2D eigenvalue weighted by Crippen LogP contribution is -1.99. The Bertz CT molecular complexity index is 1370. The van der Waals surface area contributed by atoms with E-state index >= 15 is 0 Å². The third-order valence-electron chi connectivity index (χ3n) is 10.6. The lowest BCUT2D eigenvalue weighted by molar-refractivity contribution is 0.551. The van der Waals surface area contributed by atoms with E-state index in [2.05, 4.69) is 98.8 Å². The number of anilines is 2. The predicted octanol–water partition coefficient (Wildman–Crippen LogP) is 13.2. The van der Waals surface area contributed by atoms with Gasteiger partial charge in [-0.05, 0) is 133 Å². The first-order valence-corrected chi connectivity index (χ1v) is 20.4. The lowest BCUT2D eigenvalue weighted by atomic mass is 9.94. The van der Waals surface area contributed by atoms with Crippen molar-refractivity contribution >= 4 is 11.4 Å². The molecule has 0 amide bonds. The highest BCUT2D eigenvalue weighted by Gasteiger charge is 2.07. The van der Waals surface area contributed by atoms with E-state index in [0.717, 1.165) is 37.1 Å². The summed E-state index contributed by atoms with van der Waals surface area (Å²) < 4.78 is 0. The fraction of sp³-hybridized carbons (Fsp3) is 0.500. The molecule has 0 radical (unpaired) electrons. The van der Waals surface area contributed by atoms with Crippen molar-refractivity contribution in [1.29, 1.82) is 0 Å². The van der Waals surface area contributed by atoms with Crippen molar-refractivity contribution in [1.82, 2.24) is 0 Å². The molecule has 50 heavy (non-hydrogen) atoms. The molecule has 0 saturated heterocycles. The van der Waals surface area contributed by atoms with Crippen LogP contribution in [0.15, 0.2) is 84.9 Å². The van der Waals surface area contributed by atoms with Gasteiger partial charge in [-0.2, -0.15) is 0 Å². The Morgan fingerprint density at radius 2 is 0.640 bits per heavy atom. The molecule has 0 aromatic heterocycles. The molecule has 0 aliphatic carbocycles. The standard InChI is InChI=1S/C48H68N2/c1-3-5-15-21-43-37-47(49)33-31-45(43)35-41-27-23-39(24-28-41)19-17-13-11-9-7-8-10-12-14-18-20-40-25-29-42(30-26-40)36-46-32-34-48(50)38-44(46)22-16-6-4-2/h23-34,37-38H,3-22,35-36,49-50H2,1-2H3. The minimum atomic E-state index is 0.887. The summed E-state index contributed by atoms with van der Waals surface area (Å²) >= 11 is 0. The van der Waals surface area contributed by atoms with Gasteiger partial charge in [0, 0.05) is 11.4 Å². The highest BCUT2D eigenvalue weighted by atomic mass is 14.5. The molecule has 4 aromatic carbocycles. The number of rotatable bonds is 25. The summed E-state index contributed by atoms with van der Waals surface area (Å²) in [5.41, 5.74) is 25.5. The molecular weight excluding hydrogens is 605 g/mol. The molecule has 0 saturated carbocycles. The average Bonchev–Trinajstić information content (AvgIpc) is 3.12. The average molecular weight is 673 g/mol. The van der Waals surface area contributed by atoms with E-state index in [1.165, 1.54) is 160 Å². The van der Waals surface area contributed by atoms with Gasteiger partial charge in [0.25, 0.3) is 0 Å². The maximum atomic E-state index is 6.11. The van der Waals surface area contributed by atoms with E-state index in [0.29, 0.717) is 0 Å². The Balaban J connectivity index is 1.01. The highest BCUT2D eigenvalue weighted by molar-refractivity contribution is 5.47. The molecule has 0 unspecified atom stereocenters. The van der Waals surface area contributed by atoms with Crippen LogP contribution in [0, 0.1) is 0 Å². The van der Waals surface area contributed by atoms with Gasteiger partial charge < -0.3 is 11.5 Å². The molecule has 0 aliphatic rings. The van der Waals surface area contributed by atoms with Crippen LogP contribution < -0.4 is 11.5 Å². The SMILES string of the molecule is CCCCCc1cc(N)ccc1Cc1ccc(CCCCCCCCCCCCc2ccc(Cc3ccc(N)cc3CCCCC)cc2)cc1. The Kier molecular flexibility index (Phi) is 18.1. The summed E-state index contributed by atoms with van der Waals surface area (Å²) in [6.45, 7) is 4.53. The first-order valence-electron chi connectivity index (χ1n) is 20.4. The van der Waals surface area contributed by atoms with Gasteiger partial charge in [-0.15, -0.1) is 0 Å². The van der Waals surface area contributed by atoms with Crippen LogP contribution in [0.5, 0.6) is 0 Å². The van der Waals surface area contributed by atoms with E-state index in [9.17, 15) is 0 Å². The predicted molar refractivity (Wildman–Crippen MR) is 220 cm³/mol. The van der Waals surface area contributed by atoms with Gasteiger partial charge in [0.1, 0.15) is 0 Å². The molecule has 0 heterocycles. The fourth-order valence-electron chi connectivity index (χ4n) is 7.39. The fourth-order valence-corrected chi connectivity index (χ4v) is 7.39.